The number of carbonyl (C=O) groups excluding carboxylic acids is 4. The third kappa shape index (κ3) is 10.3. The largest absolute Gasteiger partial charge is 0.505 e. The van der Waals surface area contributed by atoms with Gasteiger partial charge in [-0.05, 0) is 47.5 Å². The summed E-state index contributed by atoms with van der Waals surface area (Å²) in [5.74, 6) is -6.96. The van der Waals surface area contributed by atoms with E-state index in [1.54, 1.807) is 0 Å². The molecule has 0 aromatic heterocycles. The van der Waals surface area contributed by atoms with Crippen LogP contribution in [0.2, 0.25) is 0 Å². The van der Waals surface area contributed by atoms with Crippen LogP contribution in [-0.2, 0) is 49.3 Å². The number of aromatic hydroxyl groups is 1. The van der Waals surface area contributed by atoms with Crippen molar-refractivity contribution in [2.45, 2.75) is 6.42 Å². The summed E-state index contributed by atoms with van der Waals surface area (Å²) in [6.45, 7) is -2.32. The number of aliphatic carboxylic acids is 1. The Bertz CT molecular complexity index is 2430. The minimum absolute atomic E-state index is 0.00111. The van der Waals surface area contributed by atoms with Gasteiger partial charge in [0.1, 0.15) is 62.2 Å². The van der Waals surface area contributed by atoms with E-state index in [1.165, 1.54) is 46.2 Å². The van der Waals surface area contributed by atoms with Crippen molar-refractivity contribution in [1.29, 1.82) is 0 Å². The maximum absolute atomic E-state index is 14.9. The van der Waals surface area contributed by atoms with Gasteiger partial charge in [-0.3, -0.25) is 28.8 Å². The molecule has 2 aliphatic rings. The normalized spacial score (nSPS) is 10.8. The molecule has 3 aromatic rings. The quantitative estimate of drug-likeness (QED) is 0.0553. The first-order chi connectivity index (χ1) is 28.6. The number of esters is 4. The fourth-order valence-electron chi connectivity index (χ4n) is 6.11. The molecule has 5 rings (SSSR count). The van der Waals surface area contributed by atoms with E-state index in [2.05, 4.69) is 0 Å². The number of fused-ring (bicyclic) bond motifs is 2. The number of anilines is 2. The summed E-state index contributed by atoms with van der Waals surface area (Å²) in [5, 5.41) is 19.6. The highest BCUT2D eigenvalue weighted by atomic mass is 19.1. The van der Waals surface area contributed by atoms with E-state index in [4.69, 9.17) is 32.8 Å². The first kappa shape index (κ1) is 43.7. The molecule has 19 heteroatoms. The van der Waals surface area contributed by atoms with Gasteiger partial charge in [0.2, 0.25) is 5.43 Å². The second-order valence-electron chi connectivity index (χ2n) is 12.8. The van der Waals surface area contributed by atoms with Crippen LogP contribution in [-0.4, -0.2) is 108 Å². The van der Waals surface area contributed by atoms with Crippen LogP contribution in [0.25, 0.3) is 33.4 Å². The van der Waals surface area contributed by atoms with E-state index in [1.807, 2.05) is 0 Å². The van der Waals surface area contributed by atoms with Gasteiger partial charge in [-0.1, -0.05) is 12.1 Å². The van der Waals surface area contributed by atoms with Crippen LogP contribution in [0.3, 0.4) is 0 Å². The molecule has 0 atom stereocenters. The van der Waals surface area contributed by atoms with E-state index in [-0.39, 0.29) is 69.5 Å². The van der Waals surface area contributed by atoms with Gasteiger partial charge in [0.25, 0.3) is 0 Å². The predicted molar refractivity (Wildman–Crippen MR) is 207 cm³/mol. The molecular weight excluding hydrogens is 798 g/mol. The molecule has 0 saturated heterocycles. The molecule has 2 N–H and O–H groups in total. The van der Waals surface area contributed by atoms with Crippen molar-refractivity contribution in [3.05, 3.63) is 88.1 Å². The second kappa shape index (κ2) is 19.3. The van der Waals surface area contributed by atoms with Crippen LogP contribution in [0.15, 0.2) is 69.9 Å². The summed E-state index contributed by atoms with van der Waals surface area (Å²) >= 11 is 0. The van der Waals surface area contributed by atoms with Gasteiger partial charge < -0.3 is 52.9 Å². The Morgan fingerprint density at radius 3 is 1.80 bits per heavy atom. The van der Waals surface area contributed by atoms with E-state index < -0.39 is 85.3 Å². The maximum atomic E-state index is 14.9. The lowest BCUT2D eigenvalue weighted by Crippen LogP contribution is -2.36. The maximum Gasteiger partial charge on any atom is 0.325 e. The fraction of sp³-hybridized carbons (Fsp3) is 0.268. The molecule has 60 heavy (non-hydrogen) atoms. The third-order valence-electron chi connectivity index (χ3n) is 8.94. The third-order valence-corrected chi connectivity index (χ3v) is 8.94. The molecule has 1 aliphatic carbocycles. The Labute approximate surface area is 339 Å². The van der Waals surface area contributed by atoms with Gasteiger partial charge in [-0.15, -0.1) is 0 Å². The van der Waals surface area contributed by atoms with Crippen molar-refractivity contribution in [3.8, 4) is 39.7 Å². The summed E-state index contributed by atoms with van der Waals surface area (Å²) in [6, 6.07) is 12.6. The fourth-order valence-corrected chi connectivity index (χ4v) is 6.11. The van der Waals surface area contributed by atoms with Crippen LogP contribution in [0.4, 0.5) is 20.2 Å². The highest BCUT2D eigenvalue weighted by Crippen LogP contribution is 2.44. The number of hydrogen-bond acceptors (Lipinski definition) is 16. The number of carboxylic acids is 1. The Balaban J connectivity index is 1.59. The molecule has 316 valence electrons. The van der Waals surface area contributed by atoms with Crippen LogP contribution < -0.4 is 24.7 Å². The van der Waals surface area contributed by atoms with Crippen LogP contribution in [0.5, 0.6) is 17.2 Å². The van der Waals surface area contributed by atoms with Crippen molar-refractivity contribution >= 4 is 52.2 Å². The number of phenolic OH excluding ortho intramolecular Hbond substituents is 1. The highest BCUT2D eigenvalue weighted by molar-refractivity contribution is 6.03. The number of hydrogen-bond donors (Lipinski definition) is 2. The van der Waals surface area contributed by atoms with E-state index in [0.717, 1.165) is 52.7 Å². The molecule has 3 aromatic carbocycles. The van der Waals surface area contributed by atoms with E-state index in [9.17, 15) is 47.8 Å². The minimum atomic E-state index is -1.14. The average Bonchev–Trinajstić information content (AvgIpc) is 3.22. The van der Waals surface area contributed by atoms with Gasteiger partial charge in [-0.25, -0.2) is 8.78 Å². The van der Waals surface area contributed by atoms with Crippen molar-refractivity contribution in [1.82, 2.24) is 0 Å². The Kier molecular flexibility index (Phi) is 14.1. The molecule has 1 aliphatic heterocycles. The monoisotopic (exact) mass is 836 g/mol. The molecule has 0 unspecified atom stereocenters. The molecule has 0 fully saturated rings. The number of carboxylic acid groups (broad SMARTS) is 1. The highest BCUT2D eigenvalue weighted by Gasteiger charge is 2.26. The second-order valence-corrected chi connectivity index (χ2v) is 12.8. The van der Waals surface area contributed by atoms with Crippen molar-refractivity contribution in [3.63, 3.8) is 0 Å². The van der Waals surface area contributed by atoms with Gasteiger partial charge in [0.05, 0.1) is 46.2 Å². The molecular formula is C41H38F2N2O15. The molecule has 17 nitrogen and oxygen atoms in total. The zero-order valence-electron chi connectivity index (χ0n) is 32.6. The van der Waals surface area contributed by atoms with Crippen LogP contribution >= 0.6 is 0 Å². The number of benzene rings is 4. The SMILES string of the molecule is COC(=O)CN(CC(=O)OC)c1ccc(-c2c3cc(F)c(=O)cc-3oc3cc(O)c(F)cc23)cc1OCCOc1ccc(CC(=O)O)cc1N(CC(=O)OC)CC(=O)OC. The van der Waals surface area contributed by atoms with Gasteiger partial charge in [0.15, 0.2) is 17.4 Å². The number of phenols is 1. The Hall–Kier alpha value is -7.44. The minimum Gasteiger partial charge on any atom is -0.505 e. The molecule has 0 bridgehead atoms. The lowest BCUT2D eigenvalue weighted by atomic mass is 9.93. The summed E-state index contributed by atoms with van der Waals surface area (Å²) < 4.78 is 67.0. The smallest absolute Gasteiger partial charge is 0.325 e. The first-order valence-electron chi connectivity index (χ1n) is 17.8. The zero-order valence-corrected chi connectivity index (χ0v) is 32.6. The lowest BCUT2D eigenvalue weighted by molar-refractivity contribution is -0.141. The molecule has 1 heterocycles. The van der Waals surface area contributed by atoms with Gasteiger partial charge >= 0.3 is 29.8 Å². The summed E-state index contributed by atoms with van der Waals surface area (Å²) in [5.41, 5.74) is 0.0322. The number of ether oxygens (including phenoxy) is 6. The van der Waals surface area contributed by atoms with E-state index >= 15 is 0 Å². The molecule has 0 spiro atoms. The number of carbonyl (C=O) groups is 5. The summed E-state index contributed by atoms with van der Waals surface area (Å²) in [7, 11) is 4.60. The predicted octanol–water partition coefficient (Wildman–Crippen LogP) is 3.94. The van der Waals surface area contributed by atoms with Crippen molar-refractivity contribution in [2.75, 3.05) is 77.6 Å². The molecule has 0 amide bonds. The molecule has 0 saturated carbocycles. The lowest BCUT2D eigenvalue weighted by Gasteiger charge is -2.26. The van der Waals surface area contributed by atoms with Crippen molar-refractivity contribution < 1.29 is 75.8 Å². The Morgan fingerprint density at radius 2 is 1.23 bits per heavy atom. The number of nitrogens with zero attached hydrogens (tertiary/aromatic N) is 2. The van der Waals surface area contributed by atoms with Crippen molar-refractivity contribution in [2.24, 2.45) is 0 Å². The average molecular weight is 837 g/mol. The van der Waals surface area contributed by atoms with Gasteiger partial charge in [0, 0.05) is 28.6 Å². The summed E-state index contributed by atoms with van der Waals surface area (Å²) in [6.07, 6.45) is -0.397. The van der Waals surface area contributed by atoms with Crippen LogP contribution in [0.1, 0.15) is 5.56 Å². The topological polar surface area (TPSA) is 218 Å². The standard InChI is InChI=1S/C41H38F2N2O15/c1-54-37(50)18-44(19-38(51)55-2)28-7-6-23(41-24-14-26(42)30(46)16-33(24)60-34-17-31(47)27(43)15-25(34)41)13-35(28)59-10-9-58-32-8-5-22(12-36(48)49)11-29(32)45(20-39(52)56-3)21-40(53)57-4/h5-8,11,13-17,46H,9-10,12,18-21H2,1-4H3,(H,48,49). The summed E-state index contributed by atoms with van der Waals surface area (Å²) in [4.78, 5) is 76.2. The molecule has 0 radical (unpaired) electrons. The number of methoxy groups -OCH3 is 4. The Morgan fingerprint density at radius 1 is 0.667 bits per heavy atom. The number of rotatable bonds is 18. The zero-order chi connectivity index (χ0) is 43.7. The van der Waals surface area contributed by atoms with E-state index in [0.29, 0.717) is 5.56 Å². The van der Waals surface area contributed by atoms with Gasteiger partial charge in [-0.2, -0.15) is 0 Å². The van der Waals surface area contributed by atoms with Crippen LogP contribution in [0, 0.1) is 11.6 Å². The first-order valence-corrected chi connectivity index (χ1v) is 17.8. The number of halogens is 2.